The minimum atomic E-state index is -0.533. The number of anilines is 3. The lowest BCUT2D eigenvalue weighted by Gasteiger charge is -2.19. The van der Waals surface area contributed by atoms with E-state index in [2.05, 4.69) is 46.4 Å². The number of aromatic nitrogens is 2. The lowest BCUT2D eigenvalue weighted by Crippen LogP contribution is -2.15. The molecule has 0 saturated heterocycles. The molecule has 9 heteroatoms. The molecule has 1 aliphatic rings. The van der Waals surface area contributed by atoms with Crippen molar-refractivity contribution >= 4 is 49.8 Å². The predicted octanol–water partition coefficient (Wildman–Crippen LogP) is 4.85. The molecule has 31 heavy (non-hydrogen) atoms. The number of rotatable bonds is 4. The van der Waals surface area contributed by atoms with Crippen LogP contribution in [0, 0.1) is 17.0 Å². The molecular formula is C22H17N5O3S. The van der Waals surface area contributed by atoms with Gasteiger partial charge in [-0.1, -0.05) is 12.1 Å². The van der Waals surface area contributed by atoms with Gasteiger partial charge in [0.25, 0.3) is 5.91 Å². The topological polar surface area (TPSA) is 101 Å². The zero-order valence-corrected chi connectivity index (χ0v) is 17.3. The first-order chi connectivity index (χ1) is 15.0. The third-order valence-corrected chi connectivity index (χ3v) is 6.09. The molecule has 0 aliphatic carbocycles. The van der Waals surface area contributed by atoms with E-state index in [0.717, 1.165) is 52.9 Å². The highest BCUT2D eigenvalue weighted by Gasteiger charge is 2.23. The van der Waals surface area contributed by atoms with Crippen molar-refractivity contribution in [1.82, 2.24) is 9.97 Å². The molecule has 0 saturated carbocycles. The Bertz CT molecular complexity index is 1330. The Balaban J connectivity index is 1.37. The van der Waals surface area contributed by atoms with Crippen LogP contribution < -0.4 is 10.2 Å². The van der Waals surface area contributed by atoms with E-state index in [0.29, 0.717) is 5.56 Å². The summed E-state index contributed by atoms with van der Waals surface area (Å²) in [7, 11) is 0. The van der Waals surface area contributed by atoms with E-state index in [-0.39, 0.29) is 16.0 Å². The molecule has 2 aromatic carbocycles. The van der Waals surface area contributed by atoms with Crippen molar-refractivity contribution in [2.45, 2.75) is 13.3 Å². The summed E-state index contributed by atoms with van der Waals surface area (Å²) in [4.78, 5) is 33.6. The van der Waals surface area contributed by atoms with Crippen LogP contribution in [0.15, 0.2) is 54.7 Å². The fourth-order valence-corrected chi connectivity index (χ4v) is 4.31. The van der Waals surface area contributed by atoms with Crippen LogP contribution in [0.25, 0.3) is 10.9 Å². The third-order valence-electron chi connectivity index (χ3n) is 5.22. The maximum Gasteiger partial charge on any atom is 0.345 e. The molecule has 0 radical (unpaired) electrons. The van der Waals surface area contributed by atoms with Gasteiger partial charge in [-0.15, -0.1) is 0 Å². The van der Waals surface area contributed by atoms with Gasteiger partial charge in [0, 0.05) is 23.2 Å². The molecule has 1 aliphatic heterocycles. The number of aryl methyl sites for hydroxylation is 1. The molecule has 0 unspecified atom stereocenters. The van der Waals surface area contributed by atoms with Gasteiger partial charge in [0.15, 0.2) is 5.13 Å². The summed E-state index contributed by atoms with van der Waals surface area (Å²) in [6.45, 7) is 2.88. The smallest absolute Gasteiger partial charge is 0.326 e. The molecule has 8 nitrogen and oxygen atoms in total. The summed E-state index contributed by atoms with van der Waals surface area (Å²) in [5, 5.41) is 14.6. The van der Waals surface area contributed by atoms with Crippen molar-refractivity contribution in [2.75, 3.05) is 16.8 Å². The highest BCUT2D eigenvalue weighted by atomic mass is 32.1. The number of carbonyl (C=O) groups is 1. The van der Waals surface area contributed by atoms with E-state index >= 15 is 0 Å². The van der Waals surface area contributed by atoms with Crippen molar-refractivity contribution in [3.8, 4) is 0 Å². The van der Waals surface area contributed by atoms with Gasteiger partial charge in [0.05, 0.1) is 10.4 Å². The molecule has 2 aromatic heterocycles. The monoisotopic (exact) mass is 431 g/mol. The number of hydrogen-bond donors (Lipinski definition) is 1. The highest BCUT2D eigenvalue weighted by molar-refractivity contribution is 7.18. The van der Waals surface area contributed by atoms with Crippen molar-refractivity contribution < 1.29 is 9.72 Å². The molecule has 1 N–H and O–H groups in total. The van der Waals surface area contributed by atoms with E-state index in [4.69, 9.17) is 4.98 Å². The van der Waals surface area contributed by atoms with Gasteiger partial charge < -0.3 is 4.90 Å². The summed E-state index contributed by atoms with van der Waals surface area (Å²) in [6.07, 6.45) is 2.05. The van der Waals surface area contributed by atoms with Crippen LogP contribution in [0.1, 0.15) is 21.5 Å². The van der Waals surface area contributed by atoms with E-state index in [9.17, 15) is 14.9 Å². The first kappa shape index (κ1) is 19.1. The minimum absolute atomic E-state index is 0.117. The number of amides is 1. The number of pyridine rings is 1. The first-order valence-corrected chi connectivity index (χ1v) is 10.5. The Hall–Kier alpha value is -3.85. The quantitative estimate of drug-likeness (QED) is 0.366. The Morgan fingerprint density at radius 1 is 1.19 bits per heavy atom. The second kappa shape index (κ2) is 7.44. The standard InChI is InChI=1S/C22H17N5O3S/c1-13-2-3-15-11-16-8-9-26(20(16)24-18(15)10-13)17-6-4-14(5-7-17)21(28)25-22-23-12-19(31-22)27(29)30/h2-7,10-12H,8-9H2,1H3,(H,23,25,28). The molecule has 0 spiro atoms. The maximum absolute atomic E-state index is 12.5. The Morgan fingerprint density at radius 3 is 2.74 bits per heavy atom. The summed E-state index contributed by atoms with van der Waals surface area (Å²) in [6, 6.07) is 15.7. The molecule has 4 aromatic rings. The number of nitrogens with zero attached hydrogens (tertiary/aromatic N) is 4. The average Bonchev–Trinajstić information content (AvgIpc) is 3.39. The maximum atomic E-state index is 12.5. The van der Waals surface area contributed by atoms with Gasteiger partial charge in [-0.25, -0.2) is 9.97 Å². The Labute approximate surface area is 181 Å². The molecule has 5 rings (SSSR count). The summed E-state index contributed by atoms with van der Waals surface area (Å²) in [5.41, 5.74) is 4.76. The van der Waals surface area contributed by atoms with Gasteiger partial charge in [0.2, 0.25) is 0 Å². The number of nitro groups is 1. The first-order valence-electron chi connectivity index (χ1n) is 9.67. The molecule has 1 amide bonds. The zero-order chi connectivity index (χ0) is 21.5. The molecular weight excluding hydrogens is 414 g/mol. The van der Waals surface area contributed by atoms with E-state index in [1.54, 1.807) is 12.1 Å². The van der Waals surface area contributed by atoms with Crippen molar-refractivity contribution in [2.24, 2.45) is 0 Å². The molecule has 0 bridgehead atoms. The molecule has 154 valence electrons. The van der Waals surface area contributed by atoms with Gasteiger partial charge in [0.1, 0.15) is 12.0 Å². The Morgan fingerprint density at radius 2 is 2.00 bits per heavy atom. The number of benzene rings is 2. The molecule has 0 atom stereocenters. The summed E-state index contributed by atoms with van der Waals surface area (Å²) < 4.78 is 0. The van der Waals surface area contributed by atoms with Crippen LogP contribution in [-0.4, -0.2) is 27.3 Å². The van der Waals surface area contributed by atoms with Crippen LogP contribution in [0.4, 0.5) is 21.6 Å². The van der Waals surface area contributed by atoms with Crippen molar-refractivity contribution in [3.05, 3.63) is 81.5 Å². The minimum Gasteiger partial charge on any atom is -0.326 e. The summed E-state index contributed by atoms with van der Waals surface area (Å²) in [5.74, 6) is 0.586. The fraction of sp³-hybridized carbons (Fsp3) is 0.136. The van der Waals surface area contributed by atoms with Gasteiger partial charge in [-0.2, -0.15) is 0 Å². The Kier molecular flexibility index (Phi) is 4.59. The van der Waals surface area contributed by atoms with Crippen molar-refractivity contribution in [3.63, 3.8) is 0 Å². The van der Waals surface area contributed by atoms with Gasteiger partial charge >= 0.3 is 5.00 Å². The van der Waals surface area contributed by atoms with Crippen LogP contribution in [0.3, 0.4) is 0 Å². The molecule has 3 heterocycles. The largest absolute Gasteiger partial charge is 0.345 e. The predicted molar refractivity (Wildman–Crippen MR) is 120 cm³/mol. The zero-order valence-electron chi connectivity index (χ0n) is 16.5. The number of hydrogen-bond acceptors (Lipinski definition) is 7. The fourth-order valence-electron chi connectivity index (χ4n) is 3.69. The van der Waals surface area contributed by atoms with Gasteiger partial charge in [-0.05, 0) is 72.2 Å². The number of nitrogens with one attached hydrogen (secondary N) is 1. The van der Waals surface area contributed by atoms with E-state index in [1.165, 1.54) is 11.1 Å². The lowest BCUT2D eigenvalue weighted by atomic mass is 10.1. The van der Waals surface area contributed by atoms with E-state index < -0.39 is 4.92 Å². The number of thiazole rings is 1. The van der Waals surface area contributed by atoms with Crippen molar-refractivity contribution in [1.29, 1.82) is 0 Å². The second-order valence-corrected chi connectivity index (χ2v) is 8.34. The lowest BCUT2D eigenvalue weighted by molar-refractivity contribution is -0.380. The van der Waals surface area contributed by atoms with Crippen LogP contribution in [0.5, 0.6) is 0 Å². The van der Waals surface area contributed by atoms with Crippen LogP contribution in [0.2, 0.25) is 0 Å². The SMILES string of the molecule is Cc1ccc2cc3c(nc2c1)N(c1ccc(C(=O)Nc2ncc([N+](=O)[O-])s2)cc1)CC3. The summed E-state index contributed by atoms with van der Waals surface area (Å²) >= 11 is 0.823. The normalized spacial score (nSPS) is 12.7. The number of fused-ring (bicyclic) bond motifs is 2. The van der Waals surface area contributed by atoms with Gasteiger partial charge in [-0.3, -0.25) is 20.2 Å². The second-order valence-electron chi connectivity index (χ2n) is 7.33. The third kappa shape index (κ3) is 3.59. The highest BCUT2D eigenvalue weighted by Crippen LogP contribution is 2.35. The van der Waals surface area contributed by atoms with Crippen LogP contribution in [-0.2, 0) is 6.42 Å². The molecule has 0 fully saturated rings. The number of carbonyl (C=O) groups excluding carboxylic acids is 1. The van der Waals surface area contributed by atoms with E-state index in [1.807, 2.05) is 12.1 Å². The average molecular weight is 431 g/mol. The van der Waals surface area contributed by atoms with Crippen LogP contribution >= 0.6 is 11.3 Å².